The Labute approximate surface area is 231 Å². The third-order valence-corrected chi connectivity index (χ3v) is 8.09. The van der Waals surface area contributed by atoms with Gasteiger partial charge in [-0.15, -0.1) is 0 Å². The lowest BCUT2D eigenvalue weighted by Gasteiger charge is -2.22. The number of hydrogen-bond donors (Lipinski definition) is 2. The Kier molecular flexibility index (Phi) is 6.42. The van der Waals surface area contributed by atoms with Crippen molar-refractivity contribution in [1.82, 2.24) is 0 Å². The van der Waals surface area contributed by atoms with Crippen LogP contribution < -0.4 is 11.5 Å². The summed E-state index contributed by atoms with van der Waals surface area (Å²) in [4.78, 5) is 0. The zero-order chi connectivity index (χ0) is 27.0. The first-order valence-electron chi connectivity index (χ1n) is 13.6. The van der Waals surface area contributed by atoms with Gasteiger partial charge in [-0.25, -0.2) is 0 Å². The monoisotopic (exact) mass is 506 g/mol. The zero-order valence-corrected chi connectivity index (χ0v) is 22.6. The SMILES string of the molecule is CC1(C)c2ccccc2-c2cc(/C(=C\Cc3cccc(-c4cccc(CN)c4)c3)c3ccccc3)c(N)cc21. The Hall–Kier alpha value is -4.40. The van der Waals surface area contributed by atoms with Gasteiger partial charge in [0.2, 0.25) is 0 Å². The van der Waals surface area contributed by atoms with Crippen LogP contribution in [0.2, 0.25) is 0 Å². The number of anilines is 1. The fourth-order valence-electron chi connectivity index (χ4n) is 5.97. The first-order valence-corrected chi connectivity index (χ1v) is 13.6. The van der Waals surface area contributed by atoms with E-state index in [1.165, 1.54) is 44.5 Å². The molecular weight excluding hydrogens is 472 g/mol. The molecule has 0 saturated carbocycles. The first kappa shape index (κ1) is 24.9. The van der Waals surface area contributed by atoms with E-state index < -0.39 is 0 Å². The van der Waals surface area contributed by atoms with Gasteiger partial charge in [-0.05, 0) is 80.3 Å². The van der Waals surface area contributed by atoms with Crippen molar-refractivity contribution in [2.45, 2.75) is 32.2 Å². The summed E-state index contributed by atoms with van der Waals surface area (Å²) in [6.45, 7) is 5.13. The van der Waals surface area contributed by atoms with Crippen LogP contribution in [-0.2, 0) is 18.4 Å². The maximum atomic E-state index is 6.83. The molecule has 0 radical (unpaired) electrons. The molecule has 0 unspecified atom stereocenters. The number of allylic oxidation sites excluding steroid dienone is 1. The van der Waals surface area contributed by atoms with Crippen molar-refractivity contribution in [2.24, 2.45) is 5.73 Å². The molecule has 192 valence electrons. The molecule has 0 heterocycles. The Morgan fingerprint density at radius 1 is 0.667 bits per heavy atom. The quantitative estimate of drug-likeness (QED) is 0.227. The van der Waals surface area contributed by atoms with E-state index in [4.69, 9.17) is 11.5 Å². The highest BCUT2D eigenvalue weighted by molar-refractivity contribution is 5.92. The number of fused-ring (bicyclic) bond motifs is 3. The third kappa shape index (κ3) is 4.58. The molecule has 0 amide bonds. The molecule has 0 saturated heterocycles. The smallest absolute Gasteiger partial charge is 0.0397 e. The number of nitrogens with two attached hydrogens (primary N) is 2. The van der Waals surface area contributed by atoms with Gasteiger partial charge >= 0.3 is 0 Å². The van der Waals surface area contributed by atoms with E-state index in [1.54, 1.807) is 0 Å². The summed E-state index contributed by atoms with van der Waals surface area (Å²) in [5.74, 6) is 0. The number of nitrogen functional groups attached to an aromatic ring is 1. The molecule has 0 fully saturated rings. The molecule has 1 aliphatic rings. The van der Waals surface area contributed by atoms with Crippen LogP contribution in [0.3, 0.4) is 0 Å². The van der Waals surface area contributed by atoms with E-state index in [9.17, 15) is 0 Å². The molecule has 0 aliphatic heterocycles. The van der Waals surface area contributed by atoms with Crippen LogP contribution >= 0.6 is 0 Å². The number of hydrogen-bond acceptors (Lipinski definition) is 2. The molecular formula is C37H34N2. The van der Waals surface area contributed by atoms with Crippen LogP contribution in [0.1, 0.15) is 47.2 Å². The summed E-state index contributed by atoms with van der Waals surface area (Å²) in [5.41, 5.74) is 26.9. The first-order chi connectivity index (χ1) is 19.0. The summed E-state index contributed by atoms with van der Waals surface area (Å²) in [5, 5.41) is 0. The van der Waals surface area contributed by atoms with Crippen LogP contribution in [0.25, 0.3) is 27.8 Å². The number of benzene rings is 5. The molecule has 39 heavy (non-hydrogen) atoms. The molecule has 4 N–H and O–H groups in total. The highest BCUT2D eigenvalue weighted by Gasteiger charge is 2.36. The molecule has 0 bridgehead atoms. The van der Waals surface area contributed by atoms with E-state index in [0.717, 1.165) is 28.8 Å². The standard InChI is InChI=1S/C37H34N2/c1-37(2)34-17-7-6-16-31(34)32-22-33(36(39)23-35(32)37)30(27-12-4-3-5-13-27)19-18-25-10-8-14-28(20-25)29-15-9-11-26(21-29)24-38/h3-17,19-23H,18,24,38-39H2,1-2H3/b30-19-. The second-order valence-corrected chi connectivity index (χ2v) is 10.9. The summed E-state index contributed by atoms with van der Waals surface area (Å²) in [7, 11) is 0. The summed E-state index contributed by atoms with van der Waals surface area (Å²) >= 11 is 0. The van der Waals surface area contributed by atoms with Crippen LogP contribution in [0.5, 0.6) is 0 Å². The predicted molar refractivity (Wildman–Crippen MR) is 165 cm³/mol. The lowest BCUT2D eigenvalue weighted by atomic mass is 9.81. The Bertz CT molecular complexity index is 1690. The van der Waals surface area contributed by atoms with Crippen molar-refractivity contribution in [3.05, 3.63) is 155 Å². The molecule has 5 aromatic carbocycles. The second-order valence-electron chi connectivity index (χ2n) is 10.9. The highest BCUT2D eigenvalue weighted by atomic mass is 14.6. The molecule has 1 aliphatic carbocycles. The van der Waals surface area contributed by atoms with E-state index in [0.29, 0.717) is 6.54 Å². The van der Waals surface area contributed by atoms with Crippen LogP contribution in [-0.4, -0.2) is 0 Å². The molecule has 2 heteroatoms. The van der Waals surface area contributed by atoms with Gasteiger partial charge in [0, 0.05) is 23.2 Å². The summed E-state index contributed by atoms with van der Waals surface area (Å²) in [6.07, 6.45) is 3.13. The lowest BCUT2D eigenvalue weighted by Crippen LogP contribution is -2.15. The average Bonchev–Trinajstić information content (AvgIpc) is 3.19. The molecule has 5 aromatic rings. The van der Waals surface area contributed by atoms with E-state index in [2.05, 4.69) is 135 Å². The van der Waals surface area contributed by atoms with Crippen molar-refractivity contribution in [1.29, 1.82) is 0 Å². The van der Waals surface area contributed by atoms with Gasteiger partial charge in [-0.1, -0.05) is 117 Å². The third-order valence-electron chi connectivity index (χ3n) is 8.09. The van der Waals surface area contributed by atoms with Crippen LogP contribution in [0.4, 0.5) is 5.69 Å². The van der Waals surface area contributed by atoms with Crippen molar-refractivity contribution >= 4 is 11.3 Å². The number of rotatable bonds is 6. The molecule has 6 rings (SSSR count). The maximum absolute atomic E-state index is 6.83. The van der Waals surface area contributed by atoms with Gasteiger partial charge in [0.25, 0.3) is 0 Å². The molecule has 0 aromatic heterocycles. The minimum Gasteiger partial charge on any atom is -0.398 e. The van der Waals surface area contributed by atoms with Crippen LogP contribution in [0.15, 0.2) is 121 Å². The minimum atomic E-state index is -0.0726. The minimum absolute atomic E-state index is 0.0726. The summed E-state index contributed by atoms with van der Waals surface area (Å²) < 4.78 is 0. The van der Waals surface area contributed by atoms with Crippen molar-refractivity contribution < 1.29 is 0 Å². The van der Waals surface area contributed by atoms with Gasteiger partial charge in [0.15, 0.2) is 0 Å². The van der Waals surface area contributed by atoms with E-state index >= 15 is 0 Å². The fraction of sp³-hybridized carbons (Fsp3) is 0.135. The Balaban J connectivity index is 1.43. The second kappa shape index (κ2) is 10.1. The van der Waals surface area contributed by atoms with Gasteiger partial charge in [0.1, 0.15) is 0 Å². The van der Waals surface area contributed by atoms with E-state index in [1.807, 2.05) is 0 Å². The van der Waals surface area contributed by atoms with Gasteiger partial charge in [0.05, 0.1) is 0 Å². The largest absolute Gasteiger partial charge is 0.398 e. The fourth-order valence-corrected chi connectivity index (χ4v) is 5.97. The average molecular weight is 507 g/mol. The van der Waals surface area contributed by atoms with Crippen molar-refractivity contribution in [3.8, 4) is 22.3 Å². The lowest BCUT2D eigenvalue weighted by molar-refractivity contribution is 0.660. The Morgan fingerprint density at radius 3 is 2.08 bits per heavy atom. The van der Waals surface area contributed by atoms with Crippen molar-refractivity contribution in [3.63, 3.8) is 0 Å². The van der Waals surface area contributed by atoms with Crippen molar-refractivity contribution in [2.75, 3.05) is 5.73 Å². The van der Waals surface area contributed by atoms with Gasteiger partial charge in [-0.3, -0.25) is 0 Å². The van der Waals surface area contributed by atoms with E-state index in [-0.39, 0.29) is 5.41 Å². The molecule has 0 atom stereocenters. The zero-order valence-electron chi connectivity index (χ0n) is 22.6. The molecule has 0 spiro atoms. The maximum Gasteiger partial charge on any atom is 0.0397 e. The summed E-state index contributed by atoms with van der Waals surface area (Å²) in [6, 6.07) is 41.1. The van der Waals surface area contributed by atoms with Crippen LogP contribution in [0, 0.1) is 0 Å². The topological polar surface area (TPSA) is 52.0 Å². The normalized spacial score (nSPS) is 13.7. The van der Waals surface area contributed by atoms with Gasteiger partial charge < -0.3 is 11.5 Å². The molecule has 2 nitrogen and oxygen atoms in total. The highest BCUT2D eigenvalue weighted by Crippen LogP contribution is 2.50. The van der Waals surface area contributed by atoms with Gasteiger partial charge in [-0.2, -0.15) is 0 Å². The Morgan fingerprint density at radius 2 is 1.33 bits per heavy atom. The predicted octanol–water partition coefficient (Wildman–Crippen LogP) is 8.38.